The lowest BCUT2D eigenvalue weighted by Crippen LogP contribution is -2.17. The second-order valence-electron chi connectivity index (χ2n) is 10.0. The minimum atomic E-state index is -4.08. The Morgan fingerprint density at radius 1 is 0.600 bits per heavy atom. The molecule has 0 bridgehead atoms. The van der Waals surface area contributed by atoms with Crippen LogP contribution in [0.4, 0.5) is 0 Å². The van der Waals surface area contributed by atoms with E-state index in [2.05, 4.69) is 10.6 Å². The van der Waals surface area contributed by atoms with Crippen molar-refractivity contribution < 1.29 is 16.8 Å². The Hall–Kier alpha value is -3.64. The number of primary sulfonamides is 2. The van der Waals surface area contributed by atoms with Crippen LogP contribution >= 0.6 is 0 Å². The molecule has 2 heterocycles. The summed E-state index contributed by atoms with van der Waals surface area (Å²) in [6.07, 6.45) is 3.10. The molecule has 0 saturated carbocycles. The van der Waals surface area contributed by atoms with Crippen molar-refractivity contribution in [2.75, 3.05) is 0 Å². The van der Waals surface area contributed by atoms with E-state index < -0.39 is 20.0 Å². The van der Waals surface area contributed by atoms with Crippen molar-refractivity contribution in [3.8, 4) is 0 Å². The van der Waals surface area contributed by atoms with Gasteiger partial charge in [-0.25, -0.2) is 27.1 Å². The molecule has 2 aliphatic heterocycles. The molecular weight excluding hydrogens is 544 g/mol. The molecule has 0 saturated heterocycles. The number of fused-ring (bicyclic) bond motifs is 2. The van der Waals surface area contributed by atoms with Crippen molar-refractivity contribution >= 4 is 32.2 Å². The predicted molar refractivity (Wildman–Crippen MR) is 155 cm³/mol. The van der Waals surface area contributed by atoms with Crippen LogP contribution in [-0.2, 0) is 33.1 Å². The average Bonchev–Trinajstić information content (AvgIpc) is 3.55. The monoisotopic (exact) mass is 572 g/mol. The summed E-state index contributed by atoms with van der Waals surface area (Å²) >= 11 is 0. The van der Waals surface area contributed by atoms with Gasteiger partial charge in [0, 0.05) is 13.1 Å². The highest BCUT2D eigenvalue weighted by Crippen LogP contribution is 2.34. The summed E-state index contributed by atoms with van der Waals surface area (Å²) in [5.74, 6) is 0. The summed E-state index contributed by atoms with van der Waals surface area (Å²) in [7, 11) is -8.16. The molecule has 4 aromatic rings. The van der Waals surface area contributed by atoms with E-state index in [9.17, 15) is 16.8 Å². The van der Waals surface area contributed by atoms with Gasteiger partial charge in [-0.2, -0.15) is 0 Å². The number of nitrogens with one attached hydrogen (secondary N) is 2. The van der Waals surface area contributed by atoms with Gasteiger partial charge in [-0.15, -0.1) is 0 Å². The van der Waals surface area contributed by atoms with Gasteiger partial charge in [-0.3, -0.25) is 0 Å². The Kier molecular flexibility index (Phi) is 6.70. The van der Waals surface area contributed by atoms with Crippen LogP contribution in [0.5, 0.6) is 0 Å². The highest BCUT2D eigenvalue weighted by atomic mass is 32.2. The smallest absolute Gasteiger partial charge is 0.238 e. The quantitative estimate of drug-likeness (QED) is 0.260. The van der Waals surface area contributed by atoms with Crippen LogP contribution < -0.4 is 20.9 Å². The molecule has 0 aromatic heterocycles. The van der Waals surface area contributed by atoms with Crippen molar-refractivity contribution in [1.82, 2.24) is 10.6 Å². The molecule has 0 spiro atoms. The van der Waals surface area contributed by atoms with E-state index in [1.165, 1.54) is 0 Å². The van der Waals surface area contributed by atoms with Crippen LogP contribution in [0.15, 0.2) is 94.7 Å². The molecule has 0 aliphatic carbocycles. The van der Waals surface area contributed by atoms with Gasteiger partial charge in [0.1, 0.15) is 0 Å². The molecule has 0 amide bonds. The molecule has 6 N–H and O–H groups in total. The molecule has 0 fully saturated rings. The summed E-state index contributed by atoms with van der Waals surface area (Å²) in [6, 6.07) is 25.8. The Bertz CT molecular complexity index is 1750. The molecule has 40 heavy (non-hydrogen) atoms. The lowest BCUT2D eigenvalue weighted by atomic mass is 9.97. The number of nitrogens with two attached hydrogens (primary N) is 2. The summed E-state index contributed by atoms with van der Waals surface area (Å²) in [4.78, 5) is -0.0964. The minimum Gasteiger partial charge on any atom is -0.302 e. The standard InChI is InChI=1S/C30H28N4O4S2/c31-39(35,36)27-15-21(29-25-7-3-1-5-23(25)17-33-29)13-11-19(27)9-10-20-12-14-22(16-28(20)40(32,37)38)30-26-8-4-2-6-24(26)18-34-30/h1-16,29-30,33-34H,17-18H2,(H2,31,35,36)(H2,32,37,38). The summed E-state index contributed by atoms with van der Waals surface area (Å²) in [6.45, 7) is 1.36. The fourth-order valence-corrected chi connectivity index (χ4v) is 7.13. The van der Waals surface area contributed by atoms with Crippen LogP contribution in [0, 0.1) is 0 Å². The van der Waals surface area contributed by atoms with Gasteiger partial charge < -0.3 is 10.6 Å². The van der Waals surface area contributed by atoms with Crippen LogP contribution in [0.1, 0.15) is 56.6 Å². The molecule has 6 rings (SSSR count). The zero-order valence-corrected chi connectivity index (χ0v) is 23.0. The Balaban J connectivity index is 1.37. The van der Waals surface area contributed by atoms with Crippen LogP contribution in [-0.4, -0.2) is 16.8 Å². The molecule has 2 unspecified atom stereocenters. The minimum absolute atomic E-state index is 0.0482. The first-order chi connectivity index (χ1) is 19.1. The summed E-state index contributed by atoms with van der Waals surface area (Å²) in [5, 5.41) is 18.1. The number of hydrogen-bond donors (Lipinski definition) is 4. The first-order valence-electron chi connectivity index (χ1n) is 12.7. The van der Waals surface area contributed by atoms with Gasteiger partial charge in [-0.05, 0) is 56.6 Å². The SMILES string of the molecule is NS(=O)(=O)c1cc(C2NCc3ccccc32)ccc1C=Cc1ccc(C2NCc3ccccc32)cc1S(N)(=O)=O. The van der Waals surface area contributed by atoms with Gasteiger partial charge in [-0.1, -0.05) is 84.9 Å². The average molecular weight is 573 g/mol. The van der Waals surface area contributed by atoms with Gasteiger partial charge in [0.2, 0.25) is 20.0 Å². The largest absolute Gasteiger partial charge is 0.302 e. The third kappa shape index (κ3) is 5.01. The summed E-state index contributed by atoms with van der Waals surface area (Å²) in [5.41, 5.74) is 6.71. The molecule has 10 heteroatoms. The normalized spacial score (nSPS) is 18.6. The van der Waals surface area contributed by atoms with Crippen molar-refractivity contribution in [2.24, 2.45) is 10.3 Å². The lowest BCUT2D eigenvalue weighted by molar-refractivity contribution is 0.595. The first kappa shape index (κ1) is 26.6. The second kappa shape index (κ2) is 10.1. The molecule has 4 aromatic carbocycles. The Labute approximate surface area is 233 Å². The van der Waals surface area contributed by atoms with Gasteiger partial charge in [0.15, 0.2) is 0 Å². The Morgan fingerprint density at radius 3 is 1.40 bits per heavy atom. The Morgan fingerprint density at radius 2 is 1.00 bits per heavy atom. The van der Waals surface area contributed by atoms with E-state index in [4.69, 9.17) is 10.3 Å². The fourth-order valence-electron chi connectivity index (χ4n) is 5.60. The maximum absolute atomic E-state index is 12.6. The highest BCUT2D eigenvalue weighted by Gasteiger charge is 2.26. The predicted octanol–water partition coefficient (Wildman–Crippen LogP) is 3.54. The number of benzene rings is 4. The topological polar surface area (TPSA) is 144 Å². The van der Waals surface area contributed by atoms with Crippen molar-refractivity contribution in [1.29, 1.82) is 0 Å². The van der Waals surface area contributed by atoms with Gasteiger partial charge in [0.05, 0.1) is 21.9 Å². The first-order valence-corrected chi connectivity index (χ1v) is 15.8. The maximum atomic E-state index is 12.6. The second-order valence-corrected chi connectivity index (χ2v) is 13.1. The van der Waals surface area contributed by atoms with E-state index in [0.717, 1.165) is 33.4 Å². The zero-order chi connectivity index (χ0) is 28.1. The van der Waals surface area contributed by atoms with E-state index in [0.29, 0.717) is 24.2 Å². The van der Waals surface area contributed by atoms with E-state index >= 15 is 0 Å². The number of rotatable bonds is 6. The molecule has 204 valence electrons. The maximum Gasteiger partial charge on any atom is 0.238 e. The third-order valence-electron chi connectivity index (χ3n) is 7.52. The van der Waals surface area contributed by atoms with E-state index in [-0.39, 0.29) is 21.9 Å². The molecule has 0 radical (unpaired) electrons. The van der Waals surface area contributed by atoms with Gasteiger partial charge >= 0.3 is 0 Å². The van der Waals surface area contributed by atoms with Crippen LogP contribution in [0.2, 0.25) is 0 Å². The molecular formula is C30H28N4O4S2. The van der Waals surface area contributed by atoms with Crippen molar-refractivity contribution in [3.63, 3.8) is 0 Å². The van der Waals surface area contributed by atoms with Crippen molar-refractivity contribution in [2.45, 2.75) is 35.0 Å². The molecule has 2 aliphatic rings. The zero-order valence-electron chi connectivity index (χ0n) is 21.4. The lowest BCUT2D eigenvalue weighted by Gasteiger charge is -2.16. The van der Waals surface area contributed by atoms with Crippen LogP contribution in [0.25, 0.3) is 12.2 Å². The molecule has 8 nitrogen and oxygen atoms in total. The fraction of sp³-hybridized carbons (Fsp3) is 0.133. The highest BCUT2D eigenvalue weighted by molar-refractivity contribution is 7.89. The van der Waals surface area contributed by atoms with Crippen LogP contribution in [0.3, 0.4) is 0 Å². The van der Waals surface area contributed by atoms with Gasteiger partial charge in [0.25, 0.3) is 0 Å². The summed E-state index contributed by atoms with van der Waals surface area (Å²) < 4.78 is 50.4. The van der Waals surface area contributed by atoms with E-state index in [1.807, 2.05) is 60.7 Å². The number of hydrogen-bond acceptors (Lipinski definition) is 6. The number of sulfonamides is 2. The third-order valence-corrected chi connectivity index (χ3v) is 9.46. The van der Waals surface area contributed by atoms with E-state index in [1.54, 1.807) is 36.4 Å². The molecule has 2 atom stereocenters. The van der Waals surface area contributed by atoms with Crippen molar-refractivity contribution in [3.05, 3.63) is 129 Å².